The maximum Gasteiger partial charge on any atom is 0.408 e. The second-order valence-electron chi connectivity index (χ2n) is 14.2. The number of nitrogens with one attached hydrogen (secondary N) is 2. The molecule has 2 aliphatic heterocycles. The first-order chi connectivity index (χ1) is 23.7. The number of rotatable bonds is 5. The van der Waals surface area contributed by atoms with Gasteiger partial charge in [-0.2, -0.15) is 0 Å². The van der Waals surface area contributed by atoms with Gasteiger partial charge in [0.05, 0.1) is 28.3 Å². The van der Waals surface area contributed by atoms with Gasteiger partial charge in [0.15, 0.2) is 5.82 Å². The molecule has 3 aliphatic rings. The number of amides is 2. The molecule has 1 saturated carbocycles. The minimum absolute atomic E-state index is 0.173. The Labute approximate surface area is 286 Å². The molecule has 0 spiro atoms. The van der Waals surface area contributed by atoms with E-state index < -0.39 is 17.2 Å². The van der Waals surface area contributed by atoms with E-state index in [1.54, 1.807) is 6.20 Å². The Morgan fingerprint density at radius 1 is 0.898 bits per heavy atom. The Balaban J connectivity index is 1.26. The van der Waals surface area contributed by atoms with Gasteiger partial charge in [0, 0.05) is 41.5 Å². The smallest absolute Gasteiger partial charge is 0.408 e. The Hall–Kier alpha value is -5.44. The number of hydrogen-bond acceptors (Lipinski definition) is 6. The third kappa shape index (κ3) is 5.63. The summed E-state index contributed by atoms with van der Waals surface area (Å²) in [6.45, 7) is 6.38. The van der Waals surface area contributed by atoms with Gasteiger partial charge in [0.25, 0.3) is 0 Å². The second kappa shape index (κ2) is 11.9. The summed E-state index contributed by atoms with van der Waals surface area (Å²) in [5.41, 5.74) is 7.41. The summed E-state index contributed by atoms with van der Waals surface area (Å²) in [6, 6.07) is 28.9. The van der Waals surface area contributed by atoms with Crippen LogP contribution in [-0.2, 0) is 15.1 Å². The van der Waals surface area contributed by atoms with E-state index in [1.165, 1.54) is 0 Å². The summed E-state index contributed by atoms with van der Waals surface area (Å²) < 4.78 is 7.83. The molecule has 2 N–H and O–H groups in total. The zero-order valence-corrected chi connectivity index (χ0v) is 28.1. The number of hydrogen-bond donors (Lipinski definition) is 2. The molecular weight excluding hydrogens is 612 g/mol. The molecule has 9 nitrogen and oxygen atoms in total. The first-order valence-corrected chi connectivity index (χ1v) is 17.2. The number of fused-ring (bicyclic) bond motifs is 5. The molecule has 8 rings (SSSR count). The topological polar surface area (TPSA) is 101 Å². The average Bonchev–Trinajstić information content (AvgIpc) is 3.40. The van der Waals surface area contributed by atoms with Gasteiger partial charge in [-0.25, -0.2) is 14.8 Å². The van der Waals surface area contributed by atoms with Gasteiger partial charge < -0.3 is 20.3 Å². The van der Waals surface area contributed by atoms with E-state index in [0.717, 1.165) is 101 Å². The number of para-hydroxylation sites is 1. The quantitative estimate of drug-likeness (QED) is 0.193. The summed E-state index contributed by atoms with van der Waals surface area (Å²) in [7, 11) is 0. The zero-order chi connectivity index (χ0) is 33.8. The summed E-state index contributed by atoms with van der Waals surface area (Å²) >= 11 is 0. The van der Waals surface area contributed by atoms with Crippen molar-refractivity contribution in [1.29, 1.82) is 0 Å². The van der Waals surface area contributed by atoms with Crippen LogP contribution in [-0.4, -0.2) is 38.7 Å². The van der Waals surface area contributed by atoms with E-state index >= 15 is 0 Å². The van der Waals surface area contributed by atoms with E-state index in [9.17, 15) is 9.59 Å². The molecule has 2 amide bonds. The maximum atomic E-state index is 12.9. The van der Waals surface area contributed by atoms with Crippen molar-refractivity contribution < 1.29 is 14.3 Å². The van der Waals surface area contributed by atoms with Crippen LogP contribution in [0.3, 0.4) is 0 Å². The van der Waals surface area contributed by atoms with Crippen molar-refractivity contribution in [2.24, 2.45) is 0 Å². The average molecular weight is 653 g/mol. The van der Waals surface area contributed by atoms with Crippen LogP contribution < -0.4 is 15.5 Å². The standard InChI is InChI=1S/C40H40N6O3/c1-39(2,3)49-38(48)44-40(22-9-23-40)28-18-14-27(15-19-28)35-34(26-16-20-29(21-17-26)45-25-7-6-13-33(45)47)43-37-30-10-4-5-11-31(30)42-36-32(46(35)37)12-8-24-41-36/h4-5,8,10-12,14-21,24H,6-7,9,13,22-23,25H2,1-3H3,(H,41,42)(H,44,48). The summed E-state index contributed by atoms with van der Waals surface area (Å²) in [5.74, 6) is 1.72. The van der Waals surface area contributed by atoms with Crippen LogP contribution >= 0.6 is 0 Å². The number of piperidine rings is 1. The highest BCUT2D eigenvalue weighted by molar-refractivity contribution is 5.95. The van der Waals surface area contributed by atoms with E-state index in [4.69, 9.17) is 14.7 Å². The predicted molar refractivity (Wildman–Crippen MR) is 192 cm³/mol. The number of aromatic nitrogens is 3. The van der Waals surface area contributed by atoms with Crippen LogP contribution in [0.2, 0.25) is 0 Å². The number of benzene rings is 3. The lowest BCUT2D eigenvalue weighted by Gasteiger charge is -2.43. The predicted octanol–water partition coefficient (Wildman–Crippen LogP) is 8.75. The monoisotopic (exact) mass is 652 g/mol. The Kier molecular flexibility index (Phi) is 7.50. The van der Waals surface area contributed by atoms with Gasteiger partial charge in [-0.1, -0.05) is 48.5 Å². The van der Waals surface area contributed by atoms with Crippen LogP contribution in [0.4, 0.5) is 22.0 Å². The second-order valence-corrected chi connectivity index (χ2v) is 14.2. The van der Waals surface area contributed by atoms with Crippen molar-refractivity contribution in [1.82, 2.24) is 19.9 Å². The van der Waals surface area contributed by atoms with Crippen LogP contribution in [0, 0.1) is 0 Å². The molecule has 2 aromatic heterocycles. The molecule has 1 saturated heterocycles. The number of alkyl carbamates (subject to hydrolysis) is 1. The minimum Gasteiger partial charge on any atom is -0.444 e. The van der Waals surface area contributed by atoms with Gasteiger partial charge >= 0.3 is 6.09 Å². The molecule has 49 heavy (non-hydrogen) atoms. The molecule has 248 valence electrons. The zero-order valence-electron chi connectivity index (χ0n) is 28.1. The number of anilines is 3. The fraction of sp³-hybridized carbons (Fsp3) is 0.300. The number of carbonyl (C=O) groups is 2. The maximum absolute atomic E-state index is 12.9. The van der Waals surface area contributed by atoms with Crippen LogP contribution in [0.15, 0.2) is 91.1 Å². The highest BCUT2D eigenvalue weighted by atomic mass is 16.6. The van der Waals surface area contributed by atoms with E-state index in [2.05, 4.69) is 63.7 Å². The SMILES string of the molecule is CC(C)(C)OC(=O)NC1(c2ccc(-c3c(-c4ccc(N5CCCCC5=O)cc4)nc4n3-c3cccnc3Nc3ccccc3-4)cc2)CCC1. The van der Waals surface area contributed by atoms with Crippen LogP contribution in [0.5, 0.6) is 0 Å². The van der Waals surface area contributed by atoms with E-state index in [1.807, 2.05) is 62.1 Å². The third-order valence-electron chi connectivity index (χ3n) is 9.76. The summed E-state index contributed by atoms with van der Waals surface area (Å²) in [6.07, 6.45) is 6.68. The van der Waals surface area contributed by atoms with Crippen molar-refractivity contribution >= 4 is 29.2 Å². The van der Waals surface area contributed by atoms with Gasteiger partial charge in [0.1, 0.15) is 11.4 Å². The van der Waals surface area contributed by atoms with Crippen molar-refractivity contribution in [3.63, 3.8) is 0 Å². The lowest BCUT2D eigenvalue weighted by molar-refractivity contribution is -0.119. The molecule has 1 aliphatic carbocycles. The Bertz CT molecular complexity index is 2060. The van der Waals surface area contributed by atoms with Gasteiger partial charge in [-0.05, 0) is 94.8 Å². The third-order valence-corrected chi connectivity index (χ3v) is 9.76. The molecule has 0 bridgehead atoms. The van der Waals surface area contributed by atoms with Crippen molar-refractivity contribution in [2.75, 3.05) is 16.8 Å². The number of carbonyl (C=O) groups excluding carboxylic acids is 2. The molecule has 4 heterocycles. The largest absolute Gasteiger partial charge is 0.444 e. The van der Waals surface area contributed by atoms with E-state index in [-0.39, 0.29) is 5.91 Å². The van der Waals surface area contributed by atoms with E-state index in [0.29, 0.717) is 6.42 Å². The Morgan fingerprint density at radius 2 is 1.65 bits per heavy atom. The summed E-state index contributed by atoms with van der Waals surface area (Å²) in [5, 5.41) is 6.73. The molecular formula is C40H40N6O3. The first kappa shape index (κ1) is 30.9. The van der Waals surface area contributed by atoms with Crippen molar-refractivity contribution in [3.8, 4) is 39.6 Å². The number of ether oxygens (including phenoxy) is 1. The molecule has 0 radical (unpaired) electrons. The number of pyridine rings is 1. The van der Waals surface area contributed by atoms with Gasteiger partial charge in [0.2, 0.25) is 5.91 Å². The highest BCUT2D eigenvalue weighted by Crippen LogP contribution is 2.46. The summed E-state index contributed by atoms with van der Waals surface area (Å²) in [4.78, 5) is 37.6. The fourth-order valence-corrected chi connectivity index (χ4v) is 7.23. The highest BCUT2D eigenvalue weighted by Gasteiger charge is 2.41. The van der Waals surface area contributed by atoms with Crippen LogP contribution in [0.1, 0.15) is 64.9 Å². The lowest BCUT2D eigenvalue weighted by Crippen LogP contribution is -2.52. The van der Waals surface area contributed by atoms with Crippen molar-refractivity contribution in [3.05, 3.63) is 96.7 Å². The molecule has 3 aromatic carbocycles. The van der Waals surface area contributed by atoms with Gasteiger partial charge in [-0.15, -0.1) is 0 Å². The molecule has 5 aromatic rings. The minimum atomic E-state index is -0.574. The number of imidazole rings is 1. The molecule has 9 heteroatoms. The molecule has 0 atom stereocenters. The normalized spacial score (nSPS) is 16.3. The lowest BCUT2D eigenvalue weighted by atomic mass is 9.71. The van der Waals surface area contributed by atoms with Gasteiger partial charge in [-0.3, -0.25) is 9.36 Å². The Morgan fingerprint density at radius 3 is 2.37 bits per heavy atom. The fourth-order valence-electron chi connectivity index (χ4n) is 7.23. The van der Waals surface area contributed by atoms with Crippen LogP contribution in [0.25, 0.3) is 39.6 Å². The number of nitrogens with zero attached hydrogens (tertiary/aromatic N) is 4. The van der Waals surface area contributed by atoms with Crippen molar-refractivity contribution in [2.45, 2.75) is 70.4 Å². The molecule has 0 unspecified atom stereocenters. The molecule has 2 fully saturated rings. The first-order valence-electron chi connectivity index (χ1n) is 17.2.